The molecule has 4 nitrogen and oxygen atoms in total. The molecule has 1 amide bonds. The quantitative estimate of drug-likeness (QED) is 0.665. The Bertz CT molecular complexity index is 1140. The van der Waals surface area contributed by atoms with Gasteiger partial charge in [-0.05, 0) is 60.2 Å². The van der Waals surface area contributed by atoms with Crippen LogP contribution in [0.25, 0.3) is 0 Å². The average molecular weight is 403 g/mol. The molecule has 148 valence electrons. The second-order valence-corrected chi connectivity index (χ2v) is 7.57. The van der Waals surface area contributed by atoms with Crippen molar-refractivity contribution in [3.8, 4) is 0 Å². The van der Waals surface area contributed by atoms with E-state index in [9.17, 15) is 23.2 Å². The molecule has 1 fully saturated rings. The normalized spacial score (nSPS) is 23.7. The zero-order valence-corrected chi connectivity index (χ0v) is 15.6. The van der Waals surface area contributed by atoms with Gasteiger partial charge in [-0.15, -0.1) is 0 Å². The highest BCUT2D eigenvalue weighted by Gasteiger charge is 2.78. The smallest absolute Gasteiger partial charge is 0.236 e. The number of carbonyl (C=O) groups is 3. The Kier molecular flexibility index (Phi) is 3.93. The maximum absolute atomic E-state index is 13.3. The molecule has 30 heavy (non-hydrogen) atoms. The Morgan fingerprint density at radius 1 is 0.733 bits per heavy atom. The lowest BCUT2D eigenvalue weighted by Gasteiger charge is -2.09. The number of hydrogen-bond donors (Lipinski definition) is 1. The van der Waals surface area contributed by atoms with E-state index >= 15 is 0 Å². The first-order valence-corrected chi connectivity index (χ1v) is 9.45. The summed E-state index contributed by atoms with van der Waals surface area (Å²) >= 11 is 0. The van der Waals surface area contributed by atoms with E-state index in [0.29, 0.717) is 11.3 Å². The molecule has 0 saturated heterocycles. The zero-order valence-electron chi connectivity index (χ0n) is 15.6. The van der Waals surface area contributed by atoms with Gasteiger partial charge in [0.15, 0.2) is 11.6 Å². The van der Waals surface area contributed by atoms with Gasteiger partial charge in [0.1, 0.15) is 11.6 Å². The predicted octanol–water partition coefficient (Wildman–Crippen LogP) is 4.17. The lowest BCUT2D eigenvalue weighted by atomic mass is 9.90. The molecule has 3 aromatic rings. The van der Waals surface area contributed by atoms with Gasteiger partial charge in [0.05, 0.1) is 17.3 Å². The molecule has 0 bridgehead atoms. The van der Waals surface area contributed by atoms with Crippen molar-refractivity contribution in [3.63, 3.8) is 0 Å². The molecule has 6 heteroatoms. The van der Waals surface area contributed by atoms with Crippen molar-refractivity contribution in [2.75, 3.05) is 5.32 Å². The van der Waals surface area contributed by atoms with Crippen LogP contribution in [0.1, 0.15) is 26.3 Å². The van der Waals surface area contributed by atoms with Crippen molar-refractivity contribution in [2.24, 2.45) is 11.8 Å². The summed E-state index contributed by atoms with van der Waals surface area (Å²) in [4.78, 5) is 39.7. The van der Waals surface area contributed by atoms with Crippen LogP contribution in [0.3, 0.4) is 0 Å². The molecule has 1 spiro atoms. The number of Topliss-reactive ketones (excluding diaryl/α,β-unsaturated/α-hetero) is 2. The number of fused-ring (bicyclic) bond motifs is 2. The first-order chi connectivity index (χ1) is 14.4. The molecule has 1 heterocycles. The minimum Gasteiger partial charge on any atom is -0.325 e. The lowest BCUT2D eigenvalue weighted by Crippen LogP contribution is -2.26. The summed E-state index contributed by atoms with van der Waals surface area (Å²) in [6.07, 6.45) is 0. The van der Waals surface area contributed by atoms with Crippen molar-refractivity contribution >= 4 is 23.2 Å². The molecule has 2 atom stereocenters. The third kappa shape index (κ3) is 2.46. The largest absolute Gasteiger partial charge is 0.325 e. The highest BCUT2D eigenvalue weighted by Crippen LogP contribution is 2.66. The van der Waals surface area contributed by atoms with Gasteiger partial charge in [0.25, 0.3) is 0 Å². The van der Waals surface area contributed by atoms with E-state index in [1.54, 1.807) is 24.3 Å². The molecule has 1 aliphatic carbocycles. The number of carbonyl (C=O) groups excluding carboxylic acids is 3. The van der Waals surface area contributed by atoms with Gasteiger partial charge in [-0.25, -0.2) is 8.78 Å². The number of rotatable bonds is 4. The van der Waals surface area contributed by atoms with Gasteiger partial charge >= 0.3 is 0 Å². The Morgan fingerprint density at radius 2 is 1.20 bits per heavy atom. The summed E-state index contributed by atoms with van der Waals surface area (Å²) in [6, 6.07) is 17.0. The molecule has 2 unspecified atom stereocenters. The Hall–Kier alpha value is -3.67. The second kappa shape index (κ2) is 6.42. The number of ketones is 2. The van der Waals surface area contributed by atoms with Gasteiger partial charge in [-0.3, -0.25) is 14.4 Å². The van der Waals surface area contributed by atoms with E-state index < -0.39 is 46.4 Å². The van der Waals surface area contributed by atoms with Crippen LogP contribution in [0.15, 0.2) is 72.8 Å². The van der Waals surface area contributed by atoms with Gasteiger partial charge in [0, 0.05) is 16.8 Å². The van der Waals surface area contributed by atoms with Crippen LogP contribution < -0.4 is 5.32 Å². The number of halogens is 2. The summed E-state index contributed by atoms with van der Waals surface area (Å²) in [6.45, 7) is 0. The average Bonchev–Trinajstić information content (AvgIpc) is 3.36. The summed E-state index contributed by atoms with van der Waals surface area (Å²) in [5.74, 6) is -4.04. The number of benzene rings is 3. The number of para-hydroxylation sites is 1. The minimum atomic E-state index is -1.33. The van der Waals surface area contributed by atoms with E-state index in [0.717, 1.165) is 0 Å². The van der Waals surface area contributed by atoms with Crippen molar-refractivity contribution in [1.82, 2.24) is 0 Å². The van der Waals surface area contributed by atoms with Crippen LogP contribution in [0.5, 0.6) is 0 Å². The number of hydrogen-bond acceptors (Lipinski definition) is 3. The van der Waals surface area contributed by atoms with Crippen molar-refractivity contribution in [1.29, 1.82) is 0 Å². The Labute approximate surface area is 170 Å². The molecular formula is C24H15F2NO3. The third-order valence-corrected chi connectivity index (χ3v) is 6.02. The maximum atomic E-state index is 13.3. The van der Waals surface area contributed by atoms with E-state index in [1.165, 1.54) is 48.5 Å². The van der Waals surface area contributed by atoms with Crippen LogP contribution in [0.2, 0.25) is 0 Å². The van der Waals surface area contributed by atoms with Gasteiger partial charge in [0.2, 0.25) is 5.91 Å². The van der Waals surface area contributed by atoms with Crippen LogP contribution >= 0.6 is 0 Å². The standard InChI is InChI=1S/C24H15F2NO3/c25-15-9-5-13(6-10-15)21(28)19-20(22(29)14-7-11-16(26)12-8-14)24(19)17-3-1-2-4-18(17)27-23(24)30/h1-12,19-20H,(H,27,30). The van der Waals surface area contributed by atoms with Crippen LogP contribution in [0, 0.1) is 23.5 Å². The first-order valence-electron chi connectivity index (χ1n) is 9.45. The molecule has 2 aliphatic rings. The van der Waals surface area contributed by atoms with E-state index in [2.05, 4.69) is 5.32 Å². The fraction of sp³-hybridized carbons (Fsp3) is 0.125. The van der Waals surface area contributed by atoms with Crippen molar-refractivity contribution in [2.45, 2.75) is 5.41 Å². The second-order valence-electron chi connectivity index (χ2n) is 7.57. The van der Waals surface area contributed by atoms with Gasteiger partial charge in [-0.1, -0.05) is 18.2 Å². The minimum absolute atomic E-state index is 0.229. The van der Waals surface area contributed by atoms with Crippen LogP contribution in [0.4, 0.5) is 14.5 Å². The van der Waals surface area contributed by atoms with E-state index in [1.807, 2.05) is 0 Å². The summed E-state index contributed by atoms with van der Waals surface area (Å²) < 4.78 is 26.6. The highest BCUT2D eigenvalue weighted by atomic mass is 19.1. The predicted molar refractivity (Wildman–Crippen MR) is 105 cm³/mol. The molecule has 5 rings (SSSR count). The summed E-state index contributed by atoms with van der Waals surface area (Å²) in [5, 5.41) is 2.78. The fourth-order valence-corrected chi connectivity index (χ4v) is 4.61. The van der Waals surface area contributed by atoms with E-state index in [-0.39, 0.29) is 11.1 Å². The first kappa shape index (κ1) is 18.4. The topological polar surface area (TPSA) is 63.2 Å². The Balaban J connectivity index is 1.62. The van der Waals surface area contributed by atoms with Crippen LogP contribution in [-0.4, -0.2) is 17.5 Å². The van der Waals surface area contributed by atoms with Crippen molar-refractivity contribution in [3.05, 3.63) is 101 Å². The van der Waals surface area contributed by atoms with Gasteiger partial charge in [-0.2, -0.15) is 0 Å². The fourth-order valence-electron chi connectivity index (χ4n) is 4.61. The monoisotopic (exact) mass is 403 g/mol. The molecule has 0 radical (unpaired) electrons. The molecule has 1 aliphatic heterocycles. The third-order valence-electron chi connectivity index (χ3n) is 6.02. The molecular weight excluding hydrogens is 388 g/mol. The summed E-state index contributed by atoms with van der Waals surface area (Å²) in [5.41, 5.74) is 0.289. The molecule has 1 saturated carbocycles. The maximum Gasteiger partial charge on any atom is 0.236 e. The lowest BCUT2D eigenvalue weighted by molar-refractivity contribution is -0.118. The Morgan fingerprint density at radius 3 is 1.70 bits per heavy atom. The summed E-state index contributed by atoms with van der Waals surface area (Å²) in [7, 11) is 0. The van der Waals surface area contributed by atoms with Crippen LogP contribution in [-0.2, 0) is 10.2 Å². The highest BCUT2D eigenvalue weighted by molar-refractivity contribution is 6.22. The van der Waals surface area contributed by atoms with Crippen molar-refractivity contribution < 1.29 is 23.2 Å². The van der Waals surface area contributed by atoms with Gasteiger partial charge < -0.3 is 5.32 Å². The molecule has 1 N–H and O–H groups in total. The SMILES string of the molecule is O=C(c1ccc(F)cc1)C1C(C(=O)c2ccc(F)cc2)C12C(=O)Nc1ccccc12. The van der Waals surface area contributed by atoms with E-state index in [4.69, 9.17) is 0 Å². The molecule has 0 aromatic heterocycles. The number of amides is 1. The molecule has 3 aromatic carbocycles. The number of anilines is 1. The zero-order chi connectivity index (χ0) is 21.0. The number of nitrogens with one attached hydrogen (secondary N) is 1.